The van der Waals surface area contributed by atoms with Crippen LogP contribution in [0.1, 0.15) is 20.8 Å². The summed E-state index contributed by atoms with van der Waals surface area (Å²) in [7, 11) is 1.53. The highest BCUT2D eigenvalue weighted by Gasteiger charge is 2.34. The smallest absolute Gasteiger partial charge is 0.322 e. The Hall–Kier alpha value is -1.95. The molecule has 0 radical (unpaired) electrons. The molecule has 0 saturated carbocycles. The number of nitrogens with zero attached hydrogens (tertiary/aromatic N) is 2. The van der Waals surface area contributed by atoms with Crippen LogP contribution in [0, 0.1) is 5.92 Å². The Morgan fingerprint density at radius 1 is 1.42 bits per heavy atom. The van der Waals surface area contributed by atoms with Crippen molar-refractivity contribution < 1.29 is 14.3 Å². The number of benzene rings is 1. The Morgan fingerprint density at radius 3 is 2.71 bits per heavy atom. The maximum atomic E-state index is 12.5. The molecule has 6 nitrogen and oxygen atoms in total. The molecule has 1 aliphatic heterocycles. The third-order valence-electron chi connectivity index (χ3n) is 4.00. The lowest BCUT2D eigenvalue weighted by atomic mass is 10.1. The van der Waals surface area contributed by atoms with Gasteiger partial charge in [-0.15, -0.1) is 0 Å². The van der Waals surface area contributed by atoms with Crippen LogP contribution in [-0.4, -0.2) is 54.5 Å². The van der Waals surface area contributed by atoms with Crippen LogP contribution in [0.15, 0.2) is 18.2 Å². The number of hydrogen-bond donors (Lipinski definition) is 1. The monoisotopic (exact) mass is 353 g/mol. The van der Waals surface area contributed by atoms with Gasteiger partial charge in [0.15, 0.2) is 0 Å². The van der Waals surface area contributed by atoms with Crippen molar-refractivity contribution in [2.24, 2.45) is 5.92 Å². The molecule has 1 atom stereocenters. The first-order valence-corrected chi connectivity index (χ1v) is 8.41. The molecule has 1 fully saturated rings. The number of urea groups is 1. The number of rotatable bonds is 4. The standard InChI is InChI=1S/C17H24ClN3O3/c1-11(2)10-20-7-8-21(12(3)16(20)22)17(23)19-13-5-6-15(24-4)14(18)9-13/h5-6,9,11-12H,7-8,10H2,1-4H3,(H,19,23)/t12-/m1/s1. The van der Waals surface area contributed by atoms with Crippen molar-refractivity contribution >= 4 is 29.2 Å². The van der Waals surface area contributed by atoms with Gasteiger partial charge in [0.25, 0.3) is 0 Å². The van der Waals surface area contributed by atoms with Crippen molar-refractivity contribution in [1.82, 2.24) is 9.80 Å². The SMILES string of the molecule is COc1ccc(NC(=O)N2CCN(CC(C)C)C(=O)[C@H]2C)cc1Cl. The minimum atomic E-state index is -0.480. The molecule has 3 amide bonds. The topological polar surface area (TPSA) is 61.9 Å². The number of hydrogen-bond acceptors (Lipinski definition) is 3. The molecule has 1 aliphatic rings. The number of anilines is 1. The second-order valence-corrected chi connectivity index (χ2v) is 6.73. The van der Waals surface area contributed by atoms with Crippen LogP contribution in [0.4, 0.5) is 10.5 Å². The van der Waals surface area contributed by atoms with Gasteiger partial charge in [-0.25, -0.2) is 4.79 Å². The van der Waals surface area contributed by atoms with E-state index in [-0.39, 0.29) is 11.9 Å². The van der Waals surface area contributed by atoms with E-state index < -0.39 is 6.04 Å². The Bertz CT molecular complexity index is 621. The van der Waals surface area contributed by atoms with Crippen LogP contribution in [-0.2, 0) is 4.79 Å². The van der Waals surface area contributed by atoms with Crippen molar-refractivity contribution in [3.05, 3.63) is 23.2 Å². The zero-order valence-electron chi connectivity index (χ0n) is 14.5. The molecule has 24 heavy (non-hydrogen) atoms. The molecule has 7 heteroatoms. The third kappa shape index (κ3) is 4.12. The van der Waals surface area contributed by atoms with Gasteiger partial charge >= 0.3 is 6.03 Å². The van der Waals surface area contributed by atoms with E-state index in [4.69, 9.17) is 16.3 Å². The van der Waals surface area contributed by atoms with Crippen LogP contribution in [0.3, 0.4) is 0 Å². The number of halogens is 1. The number of nitrogens with one attached hydrogen (secondary N) is 1. The third-order valence-corrected chi connectivity index (χ3v) is 4.29. The molecule has 132 valence electrons. The van der Waals surface area contributed by atoms with E-state index in [1.54, 1.807) is 30.0 Å². The van der Waals surface area contributed by atoms with E-state index in [0.29, 0.717) is 42.0 Å². The van der Waals surface area contributed by atoms with E-state index in [9.17, 15) is 9.59 Å². The summed E-state index contributed by atoms with van der Waals surface area (Å²) in [6.45, 7) is 7.69. The van der Waals surface area contributed by atoms with Gasteiger partial charge < -0.3 is 19.9 Å². The lowest BCUT2D eigenvalue weighted by Crippen LogP contribution is -2.58. The summed E-state index contributed by atoms with van der Waals surface area (Å²) >= 11 is 6.07. The molecule has 1 saturated heterocycles. The summed E-state index contributed by atoms with van der Waals surface area (Å²) in [4.78, 5) is 28.3. The zero-order valence-corrected chi connectivity index (χ0v) is 15.3. The molecule has 1 N–H and O–H groups in total. The second kappa shape index (κ2) is 7.75. The van der Waals surface area contributed by atoms with Crippen LogP contribution in [0.5, 0.6) is 5.75 Å². The lowest BCUT2D eigenvalue weighted by Gasteiger charge is -2.39. The van der Waals surface area contributed by atoms with Gasteiger partial charge in [-0.1, -0.05) is 25.4 Å². The van der Waals surface area contributed by atoms with Crippen molar-refractivity contribution in [2.75, 3.05) is 32.1 Å². The fourth-order valence-corrected chi connectivity index (χ4v) is 3.03. The highest BCUT2D eigenvalue weighted by molar-refractivity contribution is 6.32. The van der Waals surface area contributed by atoms with Gasteiger partial charge in [-0.05, 0) is 31.0 Å². The highest BCUT2D eigenvalue weighted by atomic mass is 35.5. The van der Waals surface area contributed by atoms with Crippen LogP contribution in [0.2, 0.25) is 5.02 Å². The van der Waals surface area contributed by atoms with E-state index in [0.717, 1.165) is 0 Å². The normalized spacial score (nSPS) is 18.1. The summed E-state index contributed by atoms with van der Waals surface area (Å²) in [5, 5.41) is 3.20. The molecular weight excluding hydrogens is 330 g/mol. The Labute approximate surface area is 147 Å². The van der Waals surface area contributed by atoms with E-state index in [1.807, 2.05) is 4.90 Å². The molecule has 0 aromatic heterocycles. The van der Waals surface area contributed by atoms with Crippen LogP contribution in [0.25, 0.3) is 0 Å². The minimum absolute atomic E-state index is 0.0159. The van der Waals surface area contributed by atoms with Crippen molar-refractivity contribution in [2.45, 2.75) is 26.8 Å². The Balaban J connectivity index is 2.03. The highest BCUT2D eigenvalue weighted by Crippen LogP contribution is 2.27. The average molecular weight is 354 g/mol. The van der Waals surface area contributed by atoms with Gasteiger partial charge in [0.2, 0.25) is 5.91 Å². The van der Waals surface area contributed by atoms with Crippen molar-refractivity contribution in [1.29, 1.82) is 0 Å². The maximum Gasteiger partial charge on any atom is 0.322 e. The molecule has 1 aromatic rings. The van der Waals surface area contributed by atoms with E-state index >= 15 is 0 Å². The number of carbonyl (C=O) groups excluding carboxylic acids is 2. The largest absolute Gasteiger partial charge is 0.495 e. The van der Waals surface area contributed by atoms with Gasteiger partial charge in [-0.3, -0.25) is 4.79 Å². The fraction of sp³-hybridized carbons (Fsp3) is 0.529. The van der Waals surface area contributed by atoms with E-state index in [1.165, 1.54) is 7.11 Å². The zero-order chi connectivity index (χ0) is 17.9. The maximum absolute atomic E-state index is 12.5. The number of carbonyl (C=O) groups is 2. The quantitative estimate of drug-likeness (QED) is 0.904. The first-order chi connectivity index (χ1) is 11.3. The van der Waals surface area contributed by atoms with Gasteiger partial charge in [0.05, 0.1) is 12.1 Å². The number of methoxy groups -OCH3 is 1. The van der Waals surface area contributed by atoms with Crippen molar-refractivity contribution in [3.8, 4) is 5.75 Å². The molecule has 0 aliphatic carbocycles. The predicted octanol–water partition coefficient (Wildman–Crippen LogP) is 3.07. The van der Waals surface area contributed by atoms with Crippen molar-refractivity contribution in [3.63, 3.8) is 0 Å². The first kappa shape index (κ1) is 18.4. The molecule has 1 heterocycles. The average Bonchev–Trinajstić information content (AvgIpc) is 2.51. The summed E-state index contributed by atoms with van der Waals surface area (Å²) in [6, 6.07) is 4.24. The fourth-order valence-electron chi connectivity index (χ4n) is 2.77. The first-order valence-electron chi connectivity index (χ1n) is 8.03. The van der Waals surface area contributed by atoms with Gasteiger partial charge in [0, 0.05) is 25.3 Å². The summed E-state index contributed by atoms with van der Waals surface area (Å²) in [5.74, 6) is 0.932. The van der Waals surface area contributed by atoms with Gasteiger partial charge in [0.1, 0.15) is 11.8 Å². The molecule has 0 bridgehead atoms. The number of amides is 3. The number of ether oxygens (including phenoxy) is 1. The van der Waals surface area contributed by atoms with E-state index in [2.05, 4.69) is 19.2 Å². The van der Waals surface area contributed by atoms with Gasteiger partial charge in [-0.2, -0.15) is 0 Å². The minimum Gasteiger partial charge on any atom is -0.495 e. The second-order valence-electron chi connectivity index (χ2n) is 6.33. The van der Waals surface area contributed by atoms with Crippen LogP contribution >= 0.6 is 11.6 Å². The summed E-state index contributed by atoms with van der Waals surface area (Å²) in [5.41, 5.74) is 0.565. The molecule has 0 spiro atoms. The molecule has 0 unspecified atom stereocenters. The van der Waals surface area contributed by atoms with Crippen LogP contribution < -0.4 is 10.1 Å². The molecule has 2 rings (SSSR count). The molecular formula is C17H24ClN3O3. The Kier molecular flexibility index (Phi) is 5.94. The lowest BCUT2D eigenvalue weighted by molar-refractivity contribution is -0.139. The summed E-state index contributed by atoms with van der Waals surface area (Å²) < 4.78 is 5.09. The summed E-state index contributed by atoms with van der Waals surface area (Å²) in [6.07, 6.45) is 0. The predicted molar refractivity (Wildman–Crippen MR) is 94.6 cm³/mol. The molecule has 1 aromatic carbocycles. The Morgan fingerprint density at radius 2 is 2.12 bits per heavy atom. The number of piperazine rings is 1.